The van der Waals surface area contributed by atoms with Crippen LogP contribution in [0.15, 0.2) is 35.5 Å². The van der Waals surface area contributed by atoms with Gasteiger partial charge >= 0.3 is 0 Å². The molecule has 1 N–H and O–H groups in total. The molecule has 110 valence electrons. The number of aryl methyl sites for hydroxylation is 1. The number of hydrogen-bond acceptors (Lipinski definition) is 6. The average molecular weight is 287 g/mol. The van der Waals surface area contributed by atoms with Crippen LogP contribution in [0.5, 0.6) is 5.88 Å². The van der Waals surface area contributed by atoms with Crippen LogP contribution in [0.1, 0.15) is 12.2 Å². The number of imidazole rings is 1. The lowest BCUT2D eigenvalue weighted by Gasteiger charge is -2.05. The van der Waals surface area contributed by atoms with E-state index in [2.05, 4.69) is 20.3 Å². The lowest BCUT2D eigenvalue weighted by atomic mass is 10.4. The van der Waals surface area contributed by atoms with Gasteiger partial charge in [0.05, 0.1) is 26.2 Å². The zero-order chi connectivity index (χ0) is 14.5. The molecule has 0 aliphatic rings. The van der Waals surface area contributed by atoms with Crippen molar-refractivity contribution in [2.45, 2.75) is 19.5 Å². The molecule has 3 rings (SSSR count). The zero-order valence-electron chi connectivity index (χ0n) is 11.8. The number of ether oxygens (including phenoxy) is 1. The molecule has 3 heterocycles. The molecule has 0 fully saturated rings. The van der Waals surface area contributed by atoms with Gasteiger partial charge in [0.25, 0.3) is 0 Å². The summed E-state index contributed by atoms with van der Waals surface area (Å²) in [5.41, 5.74) is 1.50. The lowest BCUT2D eigenvalue weighted by Crippen LogP contribution is -2.16. The first kappa shape index (κ1) is 13.6. The SMILES string of the molecule is COc1ncnc2c1ncn2CCCNCc1ccco1. The zero-order valence-corrected chi connectivity index (χ0v) is 11.8. The number of aromatic nitrogens is 4. The van der Waals surface area contributed by atoms with Crippen LogP contribution in [0.3, 0.4) is 0 Å². The highest BCUT2D eigenvalue weighted by molar-refractivity contribution is 5.75. The molecule has 0 unspecified atom stereocenters. The second-order valence-corrected chi connectivity index (χ2v) is 4.60. The summed E-state index contributed by atoms with van der Waals surface area (Å²) in [4.78, 5) is 12.6. The first-order valence-electron chi connectivity index (χ1n) is 6.81. The number of furan rings is 1. The topological polar surface area (TPSA) is 78.0 Å². The molecule has 7 heteroatoms. The molecule has 7 nitrogen and oxygen atoms in total. The van der Waals surface area contributed by atoms with E-state index in [9.17, 15) is 0 Å². The predicted molar refractivity (Wildman–Crippen MR) is 76.9 cm³/mol. The average Bonchev–Trinajstić information content (AvgIpc) is 3.16. The second-order valence-electron chi connectivity index (χ2n) is 4.60. The van der Waals surface area contributed by atoms with Crippen LogP contribution in [0, 0.1) is 0 Å². The van der Waals surface area contributed by atoms with Crippen molar-refractivity contribution in [3.8, 4) is 5.88 Å². The Morgan fingerprint density at radius 2 is 2.29 bits per heavy atom. The molecule has 0 bridgehead atoms. The van der Waals surface area contributed by atoms with Gasteiger partial charge in [-0.1, -0.05) is 0 Å². The highest BCUT2D eigenvalue weighted by Crippen LogP contribution is 2.18. The Morgan fingerprint density at radius 3 is 3.10 bits per heavy atom. The fraction of sp³-hybridized carbons (Fsp3) is 0.357. The third-order valence-electron chi connectivity index (χ3n) is 3.19. The van der Waals surface area contributed by atoms with E-state index in [4.69, 9.17) is 9.15 Å². The molecular formula is C14H17N5O2. The summed E-state index contributed by atoms with van der Waals surface area (Å²) in [6.07, 6.45) is 5.92. The molecular weight excluding hydrogens is 270 g/mol. The van der Waals surface area contributed by atoms with E-state index in [0.29, 0.717) is 11.4 Å². The molecule has 0 saturated heterocycles. The number of methoxy groups -OCH3 is 1. The fourth-order valence-electron chi connectivity index (χ4n) is 2.17. The lowest BCUT2D eigenvalue weighted by molar-refractivity contribution is 0.401. The Kier molecular flexibility index (Phi) is 4.11. The molecule has 3 aromatic rings. The van der Waals surface area contributed by atoms with Crippen LogP contribution in [0.25, 0.3) is 11.2 Å². The molecule has 0 saturated carbocycles. The number of rotatable bonds is 7. The van der Waals surface area contributed by atoms with Crippen molar-refractivity contribution in [1.29, 1.82) is 0 Å². The maximum atomic E-state index is 5.26. The molecule has 0 atom stereocenters. The Bertz CT molecular complexity index is 693. The van der Waals surface area contributed by atoms with Gasteiger partial charge in [-0.15, -0.1) is 0 Å². The summed E-state index contributed by atoms with van der Waals surface area (Å²) >= 11 is 0. The Labute approximate surface area is 122 Å². The number of fused-ring (bicyclic) bond motifs is 1. The van der Waals surface area contributed by atoms with E-state index >= 15 is 0 Å². The third kappa shape index (κ3) is 3.03. The van der Waals surface area contributed by atoms with Gasteiger partial charge in [0.1, 0.15) is 12.1 Å². The van der Waals surface area contributed by atoms with E-state index < -0.39 is 0 Å². The van der Waals surface area contributed by atoms with Crippen LogP contribution in [0.4, 0.5) is 0 Å². The van der Waals surface area contributed by atoms with E-state index in [1.54, 1.807) is 19.7 Å². The maximum absolute atomic E-state index is 5.26. The highest BCUT2D eigenvalue weighted by Gasteiger charge is 2.09. The number of hydrogen-bond donors (Lipinski definition) is 1. The summed E-state index contributed by atoms with van der Waals surface area (Å²) in [7, 11) is 1.58. The molecule has 0 aliphatic carbocycles. The first-order chi connectivity index (χ1) is 10.4. The van der Waals surface area contributed by atoms with Crippen LogP contribution < -0.4 is 10.1 Å². The standard InChI is InChI=1S/C14H17N5O2/c1-20-14-12-13(16-9-17-14)19(10-18-12)6-3-5-15-8-11-4-2-7-21-11/h2,4,7,9-10,15H,3,5-6,8H2,1H3. The summed E-state index contributed by atoms with van der Waals surface area (Å²) in [6, 6.07) is 3.85. The summed E-state index contributed by atoms with van der Waals surface area (Å²) in [6.45, 7) is 2.47. The van der Waals surface area contributed by atoms with Gasteiger partial charge in [0.15, 0.2) is 11.2 Å². The normalized spacial score (nSPS) is 11.1. The van der Waals surface area contributed by atoms with Gasteiger partial charge in [0.2, 0.25) is 5.88 Å². The Balaban J connectivity index is 1.53. The second kappa shape index (κ2) is 6.36. The minimum absolute atomic E-state index is 0.509. The van der Waals surface area contributed by atoms with E-state index in [1.165, 1.54) is 6.33 Å². The minimum Gasteiger partial charge on any atom is -0.479 e. The number of nitrogens with one attached hydrogen (secondary N) is 1. The fourth-order valence-corrected chi connectivity index (χ4v) is 2.17. The first-order valence-corrected chi connectivity index (χ1v) is 6.81. The van der Waals surface area contributed by atoms with Crippen LogP contribution in [0.2, 0.25) is 0 Å². The molecule has 0 aliphatic heterocycles. The Hall–Kier alpha value is -2.41. The van der Waals surface area contributed by atoms with Crippen molar-refractivity contribution in [3.05, 3.63) is 36.8 Å². The van der Waals surface area contributed by atoms with Crippen molar-refractivity contribution in [3.63, 3.8) is 0 Å². The summed E-state index contributed by atoms with van der Waals surface area (Å²) in [5.74, 6) is 1.45. The van der Waals surface area contributed by atoms with Gasteiger partial charge in [-0.2, -0.15) is 4.98 Å². The van der Waals surface area contributed by atoms with Crippen molar-refractivity contribution < 1.29 is 9.15 Å². The van der Waals surface area contributed by atoms with Gasteiger partial charge < -0.3 is 19.0 Å². The van der Waals surface area contributed by atoms with E-state index in [1.807, 2.05) is 16.7 Å². The molecule has 0 radical (unpaired) electrons. The smallest absolute Gasteiger partial charge is 0.245 e. The molecule has 0 amide bonds. The molecule has 0 spiro atoms. The van der Waals surface area contributed by atoms with Gasteiger partial charge in [-0.25, -0.2) is 9.97 Å². The molecule has 21 heavy (non-hydrogen) atoms. The van der Waals surface area contributed by atoms with E-state index in [-0.39, 0.29) is 0 Å². The monoisotopic (exact) mass is 287 g/mol. The van der Waals surface area contributed by atoms with Gasteiger partial charge in [0, 0.05) is 6.54 Å². The van der Waals surface area contributed by atoms with Crippen molar-refractivity contribution in [1.82, 2.24) is 24.8 Å². The van der Waals surface area contributed by atoms with Gasteiger partial charge in [-0.05, 0) is 25.1 Å². The third-order valence-corrected chi connectivity index (χ3v) is 3.19. The maximum Gasteiger partial charge on any atom is 0.245 e. The van der Waals surface area contributed by atoms with Crippen molar-refractivity contribution in [2.75, 3.05) is 13.7 Å². The largest absolute Gasteiger partial charge is 0.479 e. The van der Waals surface area contributed by atoms with E-state index in [0.717, 1.165) is 37.5 Å². The highest BCUT2D eigenvalue weighted by atomic mass is 16.5. The van der Waals surface area contributed by atoms with Gasteiger partial charge in [-0.3, -0.25) is 0 Å². The van der Waals surface area contributed by atoms with Crippen LogP contribution >= 0.6 is 0 Å². The molecule has 3 aromatic heterocycles. The quantitative estimate of drug-likeness (QED) is 0.665. The summed E-state index contributed by atoms with van der Waals surface area (Å²) < 4.78 is 12.4. The summed E-state index contributed by atoms with van der Waals surface area (Å²) in [5, 5.41) is 3.34. The number of nitrogens with zero attached hydrogens (tertiary/aromatic N) is 4. The molecule has 0 aromatic carbocycles. The van der Waals surface area contributed by atoms with Crippen LogP contribution in [-0.2, 0) is 13.1 Å². The predicted octanol–water partition coefficient (Wildman–Crippen LogP) is 1.61. The van der Waals surface area contributed by atoms with Crippen LogP contribution in [-0.4, -0.2) is 33.2 Å². The van der Waals surface area contributed by atoms with Crippen molar-refractivity contribution in [2.24, 2.45) is 0 Å². The minimum atomic E-state index is 0.509. The van der Waals surface area contributed by atoms with Crippen molar-refractivity contribution >= 4 is 11.2 Å². The Morgan fingerprint density at radius 1 is 1.33 bits per heavy atom.